The van der Waals surface area contributed by atoms with E-state index >= 15 is 0 Å². The standard InChI is InChI=1S/C5H8.C4H8.ClH/c1-4-5(2)3;1-4(2)3;/h4H,1-2H2,3H3;1H2,2-3H3;1H. The van der Waals surface area contributed by atoms with Crippen molar-refractivity contribution in [2.45, 2.75) is 20.8 Å². The maximum Gasteiger partial charge on any atom is -0.0404 e. The molecule has 0 rings (SSSR count). The first-order chi connectivity index (χ1) is 4.00. The summed E-state index contributed by atoms with van der Waals surface area (Å²) in [5, 5.41) is 0. The minimum absolute atomic E-state index is 0. The molecule has 0 aliphatic rings. The smallest absolute Gasteiger partial charge is 0.0404 e. The van der Waals surface area contributed by atoms with Crippen molar-refractivity contribution in [3.63, 3.8) is 0 Å². The highest BCUT2D eigenvalue weighted by Gasteiger charge is 1.59. The summed E-state index contributed by atoms with van der Waals surface area (Å²) in [5.74, 6) is 0. The van der Waals surface area contributed by atoms with Gasteiger partial charge in [0.05, 0.1) is 0 Å². The summed E-state index contributed by atoms with van der Waals surface area (Å²) in [7, 11) is 0. The van der Waals surface area contributed by atoms with E-state index in [1.807, 2.05) is 20.8 Å². The van der Waals surface area contributed by atoms with Gasteiger partial charge in [0.1, 0.15) is 0 Å². The van der Waals surface area contributed by atoms with E-state index in [0.29, 0.717) is 0 Å². The summed E-state index contributed by atoms with van der Waals surface area (Å²) >= 11 is 0. The van der Waals surface area contributed by atoms with Crippen LogP contribution in [0.3, 0.4) is 0 Å². The molecule has 10 heavy (non-hydrogen) atoms. The molecular weight excluding hydrogens is 144 g/mol. The van der Waals surface area contributed by atoms with Crippen LogP contribution in [0.15, 0.2) is 37.0 Å². The van der Waals surface area contributed by atoms with Crippen LogP contribution in [0.1, 0.15) is 20.8 Å². The van der Waals surface area contributed by atoms with Crippen molar-refractivity contribution in [3.05, 3.63) is 37.0 Å². The highest BCUT2D eigenvalue weighted by atomic mass is 35.5. The van der Waals surface area contributed by atoms with Gasteiger partial charge in [-0.2, -0.15) is 0 Å². The van der Waals surface area contributed by atoms with Gasteiger partial charge in [0.25, 0.3) is 0 Å². The lowest BCUT2D eigenvalue weighted by Gasteiger charge is -1.71. The molecule has 0 amide bonds. The average Bonchev–Trinajstić information content (AvgIpc) is 1.65. The third-order valence-corrected chi connectivity index (χ3v) is 0.348. The van der Waals surface area contributed by atoms with E-state index in [9.17, 15) is 0 Å². The van der Waals surface area contributed by atoms with E-state index < -0.39 is 0 Å². The van der Waals surface area contributed by atoms with Gasteiger partial charge in [-0.25, -0.2) is 0 Å². The van der Waals surface area contributed by atoms with Crippen LogP contribution in [-0.4, -0.2) is 0 Å². The molecule has 0 bridgehead atoms. The zero-order chi connectivity index (χ0) is 7.86. The Labute approximate surface area is 70.7 Å². The highest BCUT2D eigenvalue weighted by Crippen LogP contribution is 1.81. The average molecular weight is 161 g/mol. The van der Waals surface area contributed by atoms with Crippen LogP contribution in [0.25, 0.3) is 0 Å². The van der Waals surface area contributed by atoms with Crippen LogP contribution in [-0.2, 0) is 0 Å². The maximum atomic E-state index is 3.56. The second-order valence-electron chi connectivity index (χ2n) is 2.26. The van der Waals surface area contributed by atoms with Crippen molar-refractivity contribution in [3.8, 4) is 0 Å². The predicted molar refractivity (Wildman–Crippen MR) is 52.7 cm³/mol. The summed E-state index contributed by atoms with van der Waals surface area (Å²) < 4.78 is 0. The summed E-state index contributed by atoms with van der Waals surface area (Å²) in [6.07, 6.45) is 1.72. The van der Waals surface area contributed by atoms with Crippen molar-refractivity contribution in [1.82, 2.24) is 0 Å². The Morgan fingerprint density at radius 3 is 1.20 bits per heavy atom. The Balaban J connectivity index is -0.0000000910. The number of allylic oxidation sites excluding steroid dienone is 3. The van der Waals surface area contributed by atoms with Crippen LogP contribution in [0.5, 0.6) is 0 Å². The van der Waals surface area contributed by atoms with Gasteiger partial charge in [-0.3, -0.25) is 0 Å². The van der Waals surface area contributed by atoms with Gasteiger partial charge in [0.15, 0.2) is 0 Å². The number of hydrogen-bond acceptors (Lipinski definition) is 0. The summed E-state index contributed by atoms with van der Waals surface area (Å²) in [6.45, 7) is 16.4. The zero-order valence-electron chi connectivity index (χ0n) is 7.11. The Morgan fingerprint density at radius 2 is 1.20 bits per heavy atom. The first-order valence-corrected chi connectivity index (χ1v) is 2.90. The summed E-state index contributed by atoms with van der Waals surface area (Å²) in [5.41, 5.74) is 2.19. The van der Waals surface area contributed by atoms with Crippen LogP contribution < -0.4 is 0 Å². The minimum Gasteiger partial charge on any atom is -0.147 e. The molecule has 0 nitrogen and oxygen atoms in total. The fraction of sp³-hybridized carbons (Fsp3) is 0.333. The molecule has 0 spiro atoms. The van der Waals surface area contributed by atoms with Crippen molar-refractivity contribution in [2.75, 3.05) is 0 Å². The lowest BCUT2D eigenvalue weighted by Crippen LogP contribution is -1.50. The van der Waals surface area contributed by atoms with Gasteiger partial charge in [-0.05, 0) is 20.8 Å². The highest BCUT2D eigenvalue weighted by molar-refractivity contribution is 5.85. The Bertz CT molecular complexity index is 108. The van der Waals surface area contributed by atoms with E-state index in [2.05, 4.69) is 19.7 Å². The molecule has 0 saturated heterocycles. The van der Waals surface area contributed by atoms with E-state index in [-0.39, 0.29) is 12.4 Å². The topological polar surface area (TPSA) is 0 Å². The molecule has 0 aromatic carbocycles. The monoisotopic (exact) mass is 160 g/mol. The van der Waals surface area contributed by atoms with Gasteiger partial charge in [-0.15, -0.1) is 19.0 Å². The molecule has 0 radical (unpaired) electrons. The quantitative estimate of drug-likeness (QED) is 0.405. The van der Waals surface area contributed by atoms with Crippen LogP contribution in [0.2, 0.25) is 0 Å². The SMILES string of the molecule is C=C(C)C.C=CC(=C)C.Cl. The molecule has 0 aromatic heterocycles. The Hall–Kier alpha value is -0.490. The van der Waals surface area contributed by atoms with Gasteiger partial charge in [0, 0.05) is 0 Å². The van der Waals surface area contributed by atoms with E-state index in [4.69, 9.17) is 0 Å². The fourth-order valence-corrected chi connectivity index (χ4v) is 0. The molecule has 1 heteroatoms. The van der Waals surface area contributed by atoms with Gasteiger partial charge in [-0.1, -0.05) is 30.4 Å². The summed E-state index contributed by atoms with van der Waals surface area (Å²) in [6, 6.07) is 0. The minimum atomic E-state index is 0. The van der Waals surface area contributed by atoms with E-state index in [1.165, 1.54) is 5.57 Å². The molecule has 0 aliphatic carbocycles. The molecular formula is C9H17Cl. The predicted octanol–water partition coefficient (Wildman–Crippen LogP) is 3.75. The largest absolute Gasteiger partial charge is 0.147 e. The molecule has 60 valence electrons. The lowest BCUT2D eigenvalue weighted by molar-refractivity contribution is 1.42. The van der Waals surface area contributed by atoms with Crippen molar-refractivity contribution >= 4 is 12.4 Å². The zero-order valence-corrected chi connectivity index (χ0v) is 7.92. The van der Waals surface area contributed by atoms with Gasteiger partial charge < -0.3 is 0 Å². The van der Waals surface area contributed by atoms with E-state index in [1.54, 1.807) is 6.08 Å². The van der Waals surface area contributed by atoms with Crippen LogP contribution in [0, 0.1) is 0 Å². The fourth-order valence-electron chi connectivity index (χ4n) is 0. The second kappa shape index (κ2) is 11.3. The molecule has 0 saturated carbocycles. The Morgan fingerprint density at radius 1 is 1.10 bits per heavy atom. The lowest BCUT2D eigenvalue weighted by atomic mass is 10.4. The molecule has 0 aliphatic heterocycles. The molecule has 0 N–H and O–H groups in total. The van der Waals surface area contributed by atoms with E-state index in [0.717, 1.165) is 5.57 Å². The van der Waals surface area contributed by atoms with Crippen molar-refractivity contribution < 1.29 is 0 Å². The molecule has 0 aromatic rings. The number of halogens is 1. The first-order valence-electron chi connectivity index (χ1n) is 2.90. The molecule has 0 unspecified atom stereocenters. The van der Waals surface area contributed by atoms with Gasteiger partial charge in [0.2, 0.25) is 0 Å². The van der Waals surface area contributed by atoms with Crippen molar-refractivity contribution in [2.24, 2.45) is 0 Å². The third-order valence-electron chi connectivity index (χ3n) is 0.348. The molecule has 0 atom stereocenters. The summed E-state index contributed by atoms with van der Waals surface area (Å²) in [4.78, 5) is 0. The second-order valence-corrected chi connectivity index (χ2v) is 2.26. The Kier molecular flexibility index (Phi) is 18.4. The van der Waals surface area contributed by atoms with Crippen LogP contribution >= 0.6 is 12.4 Å². The maximum absolute atomic E-state index is 3.56. The van der Waals surface area contributed by atoms with Crippen LogP contribution in [0.4, 0.5) is 0 Å². The molecule has 0 heterocycles. The first kappa shape index (κ1) is 16.3. The molecule has 0 fully saturated rings. The van der Waals surface area contributed by atoms with Gasteiger partial charge >= 0.3 is 0 Å². The van der Waals surface area contributed by atoms with Crippen molar-refractivity contribution in [1.29, 1.82) is 0 Å². The number of rotatable bonds is 1. The number of hydrogen-bond donors (Lipinski definition) is 0. The normalized spacial score (nSPS) is 5.90. The third kappa shape index (κ3) is 140.